The number of pyridine rings is 1. The number of carbonyl (C=O) groups is 1. The third-order valence-corrected chi connectivity index (χ3v) is 4.38. The molecule has 0 saturated heterocycles. The summed E-state index contributed by atoms with van der Waals surface area (Å²) in [6, 6.07) is 6.98. The van der Waals surface area contributed by atoms with Crippen LogP contribution in [0.25, 0.3) is 11.0 Å². The molecule has 0 spiro atoms. The fourth-order valence-corrected chi connectivity index (χ4v) is 3.16. The van der Waals surface area contributed by atoms with Crippen LogP contribution in [-0.4, -0.2) is 20.7 Å². The van der Waals surface area contributed by atoms with Gasteiger partial charge in [0.1, 0.15) is 0 Å². The minimum Gasteiger partial charge on any atom is -0.348 e. The Morgan fingerprint density at radius 3 is 2.71 bits per heavy atom. The third-order valence-electron chi connectivity index (χ3n) is 3.80. The van der Waals surface area contributed by atoms with Crippen LogP contribution < -0.4 is 5.32 Å². The van der Waals surface area contributed by atoms with Gasteiger partial charge in [0.15, 0.2) is 5.65 Å². The molecule has 2 heterocycles. The van der Waals surface area contributed by atoms with Crippen LogP contribution in [0.5, 0.6) is 0 Å². The molecule has 2 aromatic heterocycles. The average Bonchev–Trinajstić information content (AvgIpc) is 2.80. The van der Waals surface area contributed by atoms with E-state index in [0.717, 1.165) is 22.3 Å². The standard InChI is InChI=1S/C17H16Cl2N4O/c1-9-6-13(15-10(2)22-23(3)16(15)21-9)17(24)20-8-11-4-5-12(18)7-14(11)19/h4-7H,8H2,1-3H3,(H,20,24). The van der Waals surface area contributed by atoms with Crippen LogP contribution in [0.3, 0.4) is 0 Å². The number of benzene rings is 1. The number of hydrogen-bond acceptors (Lipinski definition) is 3. The first-order valence-electron chi connectivity index (χ1n) is 7.40. The highest BCUT2D eigenvalue weighted by molar-refractivity contribution is 6.35. The molecular weight excluding hydrogens is 347 g/mol. The smallest absolute Gasteiger partial charge is 0.252 e. The van der Waals surface area contributed by atoms with Gasteiger partial charge in [-0.05, 0) is 37.6 Å². The number of rotatable bonds is 3. The molecule has 1 amide bonds. The molecule has 0 aliphatic heterocycles. The maximum absolute atomic E-state index is 12.7. The SMILES string of the molecule is Cc1cc(C(=O)NCc2ccc(Cl)cc2Cl)c2c(C)nn(C)c2n1. The molecule has 0 atom stereocenters. The predicted octanol–water partition coefficient (Wildman–Crippen LogP) is 3.82. The van der Waals surface area contributed by atoms with E-state index in [1.807, 2.05) is 20.9 Å². The van der Waals surface area contributed by atoms with E-state index in [1.165, 1.54) is 0 Å². The van der Waals surface area contributed by atoms with E-state index in [4.69, 9.17) is 23.2 Å². The molecule has 3 rings (SSSR count). The summed E-state index contributed by atoms with van der Waals surface area (Å²) >= 11 is 12.0. The first kappa shape index (κ1) is 16.7. The zero-order valence-electron chi connectivity index (χ0n) is 13.5. The van der Waals surface area contributed by atoms with Crippen molar-refractivity contribution in [2.75, 3.05) is 0 Å². The van der Waals surface area contributed by atoms with Gasteiger partial charge in [-0.15, -0.1) is 0 Å². The van der Waals surface area contributed by atoms with E-state index in [9.17, 15) is 4.79 Å². The van der Waals surface area contributed by atoms with E-state index < -0.39 is 0 Å². The van der Waals surface area contributed by atoms with E-state index in [0.29, 0.717) is 27.8 Å². The molecule has 0 aliphatic rings. The van der Waals surface area contributed by atoms with Crippen LogP contribution in [0, 0.1) is 13.8 Å². The van der Waals surface area contributed by atoms with Gasteiger partial charge in [-0.2, -0.15) is 5.10 Å². The second-order valence-corrected chi connectivity index (χ2v) is 6.48. The molecule has 0 fully saturated rings. The maximum atomic E-state index is 12.7. The Labute approximate surface area is 149 Å². The Kier molecular flexibility index (Phi) is 4.47. The van der Waals surface area contributed by atoms with Crippen molar-refractivity contribution in [2.24, 2.45) is 7.05 Å². The monoisotopic (exact) mass is 362 g/mol. The number of amides is 1. The van der Waals surface area contributed by atoms with E-state index in [2.05, 4.69) is 15.4 Å². The molecule has 7 heteroatoms. The Bertz CT molecular complexity index is 949. The molecule has 0 saturated carbocycles. The van der Waals surface area contributed by atoms with Gasteiger partial charge in [0.05, 0.1) is 16.6 Å². The maximum Gasteiger partial charge on any atom is 0.252 e. The number of aryl methyl sites for hydroxylation is 3. The van der Waals surface area contributed by atoms with Crippen molar-refractivity contribution in [2.45, 2.75) is 20.4 Å². The van der Waals surface area contributed by atoms with Gasteiger partial charge in [-0.1, -0.05) is 29.3 Å². The number of nitrogens with zero attached hydrogens (tertiary/aromatic N) is 3. The van der Waals surface area contributed by atoms with Crippen LogP contribution >= 0.6 is 23.2 Å². The molecule has 0 aliphatic carbocycles. The lowest BCUT2D eigenvalue weighted by molar-refractivity contribution is 0.0952. The Hall–Kier alpha value is -2.11. The fraction of sp³-hybridized carbons (Fsp3) is 0.235. The summed E-state index contributed by atoms with van der Waals surface area (Å²) < 4.78 is 1.69. The highest BCUT2D eigenvalue weighted by Crippen LogP contribution is 2.23. The lowest BCUT2D eigenvalue weighted by atomic mass is 10.1. The van der Waals surface area contributed by atoms with Crippen molar-refractivity contribution in [3.63, 3.8) is 0 Å². The Morgan fingerprint density at radius 1 is 1.25 bits per heavy atom. The van der Waals surface area contributed by atoms with Crippen molar-refractivity contribution in [1.29, 1.82) is 0 Å². The normalized spacial score (nSPS) is 11.0. The minimum absolute atomic E-state index is 0.187. The second-order valence-electron chi connectivity index (χ2n) is 5.64. The molecule has 24 heavy (non-hydrogen) atoms. The average molecular weight is 363 g/mol. The van der Waals surface area contributed by atoms with Crippen LogP contribution in [0.1, 0.15) is 27.3 Å². The molecule has 124 valence electrons. The number of nitrogens with one attached hydrogen (secondary N) is 1. The topological polar surface area (TPSA) is 59.8 Å². The minimum atomic E-state index is -0.187. The fourth-order valence-electron chi connectivity index (χ4n) is 2.68. The van der Waals surface area contributed by atoms with Crippen LogP contribution in [0.4, 0.5) is 0 Å². The van der Waals surface area contributed by atoms with Gasteiger partial charge in [-0.3, -0.25) is 9.48 Å². The lowest BCUT2D eigenvalue weighted by Crippen LogP contribution is -2.23. The molecule has 0 radical (unpaired) electrons. The first-order chi connectivity index (χ1) is 11.4. The lowest BCUT2D eigenvalue weighted by Gasteiger charge is -2.09. The molecule has 1 aromatic carbocycles. The quantitative estimate of drug-likeness (QED) is 0.770. The molecule has 3 aromatic rings. The van der Waals surface area contributed by atoms with E-state index in [-0.39, 0.29) is 5.91 Å². The van der Waals surface area contributed by atoms with Crippen LogP contribution in [-0.2, 0) is 13.6 Å². The van der Waals surface area contributed by atoms with E-state index >= 15 is 0 Å². The number of aromatic nitrogens is 3. The van der Waals surface area contributed by atoms with E-state index in [1.54, 1.807) is 28.9 Å². The molecule has 5 nitrogen and oxygen atoms in total. The zero-order chi connectivity index (χ0) is 17.4. The van der Waals surface area contributed by atoms with Gasteiger partial charge in [0.25, 0.3) is 5.91 Å². The summed E-state index contributed by atoms with van der Waals surface area (Å²) in [6.45, 7) is 4.04. The molecular formula is C17H16Cl2N4O. The first-order valence-corrected chi connectivity index (χ1v) is 8.15. The largest absolute Gasteiger partial charge is 0.348 e. The third kappa shape index (κ3) is 3.09. The highest BCUT2D eigenvalue weighted by Gasteiger charge is 2.17. The molecule has 0 unspecified atom stereocenters. The van der Waals surface area contributed by atoms with Crippen LogP contribution in [0.15, 0.2) is 24.3 Å². The summed E-state index contributed by atoms with van der Waals surface area (Å²) in [6.07, 6.45) is 0. The van der Waals surface area contributed by atoms with Crippen molar-refractivity contribution in [3.8, 4) is 0 Å². The van der Waals surface area contributed by atoms with Gasteiger partial charge in [0, 0.05) is 29.3 Å². The predicted molar refractivity (Wildman–Crippen MR) is 95.6 cm³/mol. The summed E-state index contributed by atoms with van der Waals surface area (Å²) in [5.74, 6) is -0.187. The van der Waals surface area contributed by atoms with Crippen molar-refractivity contribution in [1.82, 2.24) is 20.1 Å². The second kappa shape index (κ2) is 6.42. The molecule has 0 bridgehead atoms. The number of carbonyl (C=O) groups excluding carboxylic acids is 1. The number of hydrogen-bond donors (Lipinski definition) is 1. The summed E-state index contributed by atoms with van der Waals surface area (Å²) in [4.78, 5) is 17.1. The van der Waals surface area contributed by atoms with Gasteiger partial charge in [-0.25, -0.2) is 4.98 Å². The van der Waals surface area contributed by atoms with Gasteiger partial charge in [0.2, 0.25) is 0 Å². The van der Waals surface area contributed by atoms with Crippen molar-refractivity contribution >= 4 is 40.1 Å². The van der Waals surface area contributed by atoms with Crippen molar-refractivity contribution < 1.29 is 4.79 Å². The Balaban J connectivity index is 1.91. The number of halogens is 2. The summed E-state index contributed by atoms with van der Waals surface area (Å²) in [7, 11) is 1.82. The summed E-state index contributed by atoms with van der Waals surface area (Å²) in [5, 5.41) is 9.11. The molecule has 1 N–H and O–H groups in total. The number of fused-ring (bicyclic) bond motifs is 1. The van der Waals surface area contributed by atoms with Crippen LogP contribution in [0.2, 0.25) is 10.0 Å². The Morgan fingerprint density at radius 2 is 2.00 bits per heavy atom. The highest BCUT2D eigenvalue weighted by atomic mass is 35.5. The van der Waals surface area contributed by atoms with Gasteiger partial charge < -0.3 is 5.32 Å². The van der Waals surface area contributed by atoms with Gasteiger partial charge >= 0.3 is 0 Å². The summed E-state index contributed by atoms with van der Waals surface area (Å²) in [5.41, 5.74) is 3.60. The zero-order valence-corrected chi connectivity index (χ0v) is 15.0. The van der Waals surface area contributed by atoms with Crippen molar-refractivity contribution in [3.05, 3.63) is 56.8 Å².